The van der Waals surface area contributed by atoms with Gasteiger partial charge in [0, 0.05) is 34.5 Å². The predicted molar refractivity (Wildman–Crippen MR) is 108 cm³/mol. The molecular weight excluding hydrogens is 356 g/mol. The van der Waals surface area contributed by atoms with E-state index in [1.807, 2.05) is 29.2 Å². The number of likely N-dealkylation sites (tertiary alicyclic amines) is 1. The van der Waals surface area contributed by atoms with Crippen molar-refractivity contribution in [3.63, 3.8) is 0 Å². The molecule has 140 valence electrons. The lowest BCUT2D eigenvalue weighted by Crippen LogP contribution is -2.29. The average Bonchev–Trinajstić information content (AvgIpc) is 3.41. The van der Waals surface area contributed by atoms with E-state index < -0.39 is 0 Å². The summed E-state index contributed by atoms with van der Waals surface area (Å²) in [5.41, 5.74) is 3.29. The van der Waals surface area contributed by atoms with Gasteiger partial charge < -0.3 is 10.2 Å². The molecule has 2 aliphatic rings. The van der Waals surface area contributed by atoms with Gasteiger partial charge in [-0.05, 0) is 68.1 Å². The Morgan fingerprint density at radius 1 is 1.11 bits per heavy atom. The first-order chi connectivity index (χ1) is 13.0. The van der Waals surface area contributed by atoms with Gasteiger partial charge in [0.25, 0.3) is 0 Å². The van der Waals surface area contributed by atoms with Crippen LogP contribution in [0.25, 0.3) is 0 Å². The first-order valence-corrected chi connectivity index (χ1v) is 10.3. The fourth-order valence-corrected chi connectivity index (χ4v) is 4.44. The number of nitrogens with one attached hydrogen (secondary N) is 1. The quantitative estimate of drug-likeness (QED) is 0.836. The number of aryl methyl sites for hydroxylation is 2. The number of benzene rings is 2. The van der Waals surface area contributed by atoms with E-state index in [-0.39, 0.29) is 17.7 Å². The Morgan fingerprint density at radius 3 is 2.56 bits per heavy atom. The second-order valence-electron chi connectivity index (χ2n) is 7.56. The van der Waals surface area contributed by atoms with Crippen LogP contribution < -0.4 is 5.32 Å². The Morgan fingerprint density at radius 2 is 1.85 bits per heavy atom. The van der Waals surface area contributed by atoms with Crippen molar-refractivity contribution in [2.75, 3.05) is 11.9 Å². The third kappa shape index (κ3) is 4.19. The van der Waals surface area contributed by atoms with Crippen LogP contribution in [0.3, 0.4) is 0 Å². The van der Waals surface area contributed by atoms with Crippen molar-refractivity contribution in [2.45, 2.75) is 48.9 Å². The van der Waals surface area contributed by atoms with E-state index in [2.05, 4.69) is 37.4 Å². The van der Waals surface area contributed by atoms with E-state index in [1.165, 1.54) is 16.0 Å². The molecule has 1 heterocycles. The maximum atomic E-state index is 12.5. The number of carbonyl (C=O) groups excluding carboxylic acids is 2. The fourth-order valence-electron chi connectivity index (χ4n) is 3.44. The molecule has 2 aromatic carbocycles. The lowest BCUT2D eigenvalue weighted by Gasteiger charge is -2.15. The highest BCUT2D eigenvalue weighted by Gasteiger charge is 2.41. The first kappa shape index (κ1) is 18.1. The maximum absolute atomic E-state index is 12.5. The van der Waals surface area contributed by atoms with Crippen LogP contribution in [-0.2, 0) is 9.59 Å². The molecule has 0 bridgehead atoms. The van der Waals surface area contributed by atoms with Gasteiger partial charge in [-0.2, -0.15) is 0 Å². The van der Waals surface area contributed by atoms with Crippen molar-refractivity contribution >= 4 is 29.3 Å². The Bertz CT molecular complexity index is 874. The summed E-state index contributed by atoms with van der Waals surface area (Å²) >= 11 is 1.73. The van der Waals surface area contributed by atoms with Gasteiger partial charge in [-0.3, -0.25) is 9.59 Å². The molecule has 1 atom stereocenters. The Balaban J connectivity index is 1.37. The molecule has 4 nitrogen and oxygen atoms in total. The third-order valence-electron chi connectivity index (χ3n) is 5.21. The van der Waals surface area contributed by atoms with Crippen LogP contribution in [0.5, 0.6) is 0 Å². The number of anilines is 1. The van der Waals surface area contributed by atoms with Gasteiger partial charge in [-0.1, -0.05) is 23.9 Å². The zero-order valence-corrected chi connectivity index (χ0v) is 16.5. The van der Waals surface area contributed by atoms with Crippen LogP contribution in [-0.4, -0.2) is 29.3 Å². The first-order valence-electron chi connectivity index (χ1n) is 9.45. The summed E-state index contributed by atoms with van der Waals surface area (Å²) in [6, 6.07) is 14.8. The molecule has 2 amide bonds. The Kier molecular flexibility index (Phi) is 4.96. The lowest BCUT2D eigenvalue weighted by molar-refractivity contribution is -0.128. The zero-order valence-electron chi connectivity index (χ0n) is 15.7. The summed E-state index contributed by atoms with van der Waals surface area (Å²) in [6.45, 7) is 4.78. The lowest BCUT2D eigenvalue weighted by atomic mass is 10.1. The van der Waals surface area contributed by atoms with E-state index >= 15 is 0 Å². The highest BCUT2D eigenvalue weighted by Crippen LogP contribution is 2.34. The van der Waals surface area contributed by atoms with Crippen molar-refractivity contribution in [3.05, 3.63) is 53.6 Å². The normalized spacial score (nSPS) is 19.4. The van der Waals surface area contributed by atoms with Crippen LogP contribution in [0.15, 0.2) is 52.3 Å². The molecule has 2 fully saturated rings. The molecule has 0 aromatic heterocycles. The summed E-state index contributed by atoms with van der Waals surface area (Å²) in [5.74, 6) is -0.165. The highest BCUT2D eigenvalue weighted by molar-refractivity contribution is 7.99. The number of hydrogen-bond acceptors (Lipinski definition) is 3. The summed E-state index contributed by atoms with van der Waals surface area (Å²) in [6.07, 6.45) is 2.50. The van der Waals surface area contributed by atoms with Gasteiger partial charge >= 0.3 is 0 Å². The van der Waals surface area contributed by atoms with Crippen molar-refractivity contribution < 1.29 is 9.59 Å². The standard InChI is InChI=1S/C22H24N2O2S/c1-14-3-4-15(2)20(11-14)27-19-9-5-17(6-10-19)23-22(26)16-12-21(25)24(13-16)18-7-8-18/h3-6,9-11,16,18H,7-8,12-13H2,1-2H3,(H,23,26)/t16-/m1/s1. The molecule has 1 saturated carbocycles. The van der Waals surface area contributed by atoms with Gasteiger partial charge in [0.2, 0.25) is 11.8 Å². The average molecular weight is 381 g/mol. The molecule has 0 radical (unpaired) electrons. The number of rotatable bonds is 5. The maximum Gasteiger partial charge on any atom is 0.229 e. The molecule has 1 saturated heterocycles. The van der Waals surface area contributed by atoms with E-state index in [1.54, 1.807) is 11.8 Å². The van der Waals surface area contributed by atoms with Crippen LogP contribution in [0.4, 0.5) is 5.69 Å². The molecule has 5 heteroatoms. The molecule has 1 N–H and O–H groups in total. The molecule has 0 spiro atoms. The number of amides is 2. The van der Waals surface area contributed by atoms with E-state index in [0.29, 0.717) is 19.0 Å². The molecule has 27 heavy (non-hydrogen) atoms. The topological polar surface area (TPSA) is 49.4 Å². The SMILES string of the molecule is Cc1ccc(C)c(Sc2ccc(NC(=O)[C@@H]3CC(=O)N(C4CC4)C3)cc2)c1. The van der Waals surface area contributed by atoms with Crippen molar-refractivity contribution in [2.24, 2.45) is 5.92 Å². The van der Waals surface area contributed by atoms with Crippen molar-refractivity contribution in [3.8, 4) is 0 Å². The monoisotopic (exact) mass is 380 g/mol. The molecule has 4 rings (SSSR count). The number of carbonyl (C=O) groups is 2. The molecule has 0 unspecified atom stereocenters. The predicted octanol–water partition coefficient (Wildman–Crippen LogP) is 4.40. The molecule has 1 aliphatic heterocycles. The van der Waals surface area contributed by atoms with Gasteiger partial charge in [-0.25, -0.2) is 0 Å². The van der Waals surface area contributed by atoms with E-state index in [4.69, 9.17) is 0 Å². The van der Waals surface area contributed by atoms with E-state index in [0.717, 1.165) is 23.4 Å². The second kappa shape index (κ2) is 7.39. The smallest absolute Gasteiger partial charge is 0.229 e. The molecular formula is C22H24N2O2S. The fraction of sp³-hybridized carbons (Fsp3) is 0.364. The number of hydrogen-bond donors (Lipinski definition) is 1. The van der Waals surface area contributed by atoms with Crippen molar-refractivity contribution in [1.82, 2.24) is 4.90 Å². The van der Waals surface area contributed by atoms with Crippen LogP contribution >= 0.6 is 11.8 Å². The van der Waals surface area contributed by atoms with Gasteiger partial charge in [0.1, 0.15) is 0 Å². The highest BCUT2D eigenvalue weighted by atomic mass is 32.2. The third-order valence-corrected chi connectivity index (χ3v) is 6.38. The van der Waals surface area contributed by atoms with Gasteiger partial charge in [-0.15, -0.1) is 0 Å². The van der Waals surface area contributed by atoms with Crippen LogP contribution in [0.2, 0.25) is 0 Å². The van der Waals surface area contributed by atoms with Crippen LogP contribution in [0, 0.1) is 19.8 Å². The molecule has 1 aliphatic carbocycles. The molecule has 2 aromatic rings. The number of nitrogens with zero attached hydrogens (tertiary/aromatic N) is 1. The minimum atomic E-state index is -0.234. The zero-order chi connectivity index (χ0) is 19.0. The Hall–Kier alpha value is -2.27. The van der Waals surface area contributed by atoms with Gasteiger partial charge in [0.05, 0.1) is 5.92 Å². The van der Waals surface area contributed by atoms with Crippen LogP contribution in [0.1, 0.15) is 30.4 Å². The van der Waals surface area contributed by atoms with E-state index in [9.17, 15) is 9.59 Å². The Labute approximate surface area is 164 Å². The minimum Gasteiger partial charge on any atom is -0.339 e. The van der Waals surface area contributed by atoms with Gasteiger partial charge in [0.15, 0.2) is 0 Å². The summed E-state index contributed by atoms with van der Waals surface area (Å²) in [4.78, 5) is 28.8. The second-order valence-corrected chi connectivity index (χ2v) is 8.68. The summed E-state index contributed by atoms with van der Waals surface area (Å²) in [7, 11) is 0. The van der Waals surface area contributed by atoms with Crippen molar-refractivity contribution in [1.29, 1.82) is 0 Å². The largest absolute Gasteiger partial charge is 0.339 e. The summed E-state index contributed by atoms with van der Waals surface area (Å²) in [5, 5.41) is 2.97. The minimum absolute atomic E-state index is 0.0542. The summed E-state index contributed by atoms with van der Waals surface area (Å²) < 4.78 is 0.